The molecule has 10 nitrogen and oxygen atoms in total. The van der Waals surface area contributed by atoms with Gasteiger partial charge in [-0.1, -0.05) is 17.7 Å². The van der Waals surface area contributed by atoms with Gasteiger partial charge in [0.15, 0.2) is 5.75 Å². The lowest BCUT2D eigenvalue weighted by Gasteiger charge is -2.22. The first-order chi connectivity index (χ1) is 17.3. The zero-order valence-electron chi connectivity index (χ0n) is 19.3. The molecule has 1 amide bonds. The zero-order chi connectivity index (χ0) is 25.8. The van der Waals surface area contributed by atoms with Crippen LogP contribution in [0.4, 0.5) is 22.7 Å². The largest absolute Gasteiger partial charge is 0.595 e. The van der Waals surface area contributed by atoms with Gasteiger partial charge in [-0.3, -0.25) is 14.8 Å². The van der Waals surface area contributed by atoms with Crippen LogP contribution in [0, 0.1) is 16.5 Å². The number of hydrogen-bond donors (Lipinski definition) is 3. The fourth-order valence-electron chi connectivity index (χ4n) is 3.74. The molecule has 0 saturated carbocycles. The summed E-state index contributed by atoms with van der Waals surface area (Å²) < 4.78 is 5.18. The molecule has 1 atom stereocenters. The van der Waals surface area contributed by atoms with E-state index in [2.05, 4.69) is 21.4 Å². The van der Waals surface area contributed by atoms with Crippen molar-refractivity contribution < 1.29 is 20.0 Å². The van der Waals surface area contributed by atoms with Crippen molar-refractivity contribution in [2.75, 3.05) is 17.3 Å². The van der Waals surface area contributed by atoms with Gasteiger partial charge in [-0.25, -0.2) is 5.21 Å². The lowest BCUT2D eigenvalue weighted by molar-refractivity contribution is -0.991. The number of benzene rings is 2. The van der Waals surface area contributed by atoms with Crippen molar-refractivity contribution in [1.29, 1.82) is 5.26 Å². The van der Waals surface area contributed by atoms with Crippen LogP contribution in [0.15, 0.2) is 61.1 Å². The van der Waals surface area contributed by atoms with Gasteiger partial charge in [0, 0.05) is 48.7 Å². The molecule has 0 radical (unpaired) electrons. The molecule has 0 fully saturated rings. The van der Waals surface area contributed by atoms with Crippen molar-refractivity contribution in [3.8, 4) is 11.8 Å². The number of halogens is 1. The van der Waals surface area contributed by atoms with Crippen LogP contribution in [0.1, 0.15) is 18.1 Å². The standard InChI is InChI=1S/C25H21ClN6O4/c1-15(33)31(14-16-4-3-7-28-12-16)18-5-6-21(20(26)8-18)30-25-17(11-27)13-29-22-10-24(36-2)23(32(34)35)9-19(22)25/h3-10,12-13,32,34H,14H2,1-2H3,(H,29,30). The molecule has 1 unspecified atom stereocenters. The zero-order valence-corrected chi connectivity index (χ0v) is 20.1. The van der Waals surface area contributed by atoms with Gasteiger partial charge in [0.1, 0.15) is 6.07 Å². The third-order valence-electron chi connectivity index (χ3n) is 5.51. The quantitative estimate of drug-likeness (QED) is 0.322. The summed E-state index contributed by atoms with van der Waals surface area (Å²) in [5.41, 5.74) is 2.82. The molecule has 0 aliphatic heterocycles. The number of anilines is 3. The number of amides is 1. The lowest BCUT2D eigenvalue weighted by Crippen LogP contribution is -2.99. The molecule has 0 aliphatic rings. The van der Waals surface area contributed by atoms with Crippen molar-refractivity contribution in [3.05, 3.63) is 82.4 Å². The second kappa shape index (κ2) is 10.6. The first kappa shape index (κ1) is 24.8. The smallest absolute Gasteiger partial charge is 0.224 e. The summed E-state index contributed by atoms with van der Waals surface area (Å²) in [5.74, 6) is -0.0174. The average molecular weight is 505 g/mol. The maximum absolute atomic E-state index is 12.4. The summed E-state index contributed by atoms with van der Waals surface area (Å²) in [6.45, 7) is 1.78. The van der Waals surface area contributed by atoms with Gasteiger partial charge < -0.3 is 20.2 Å². The number of aromatic nitrogens is 2. The second-order valence-corrected chi connectivity index (χ2v) is 8.20. The van der Waals surface area contributed by atoms with E-state index in [9.17, 15) is 20.5 Å². The highest BCUT2D eigenvalue weighted by Gasteiger charge is 2.19. The molecule has 0 bridgehead atoms. The van der Waals surface area contributed by atoms with Gasteiger partial charge >= 0.3 is 0 Å². The van der Waals surface area contributed by atoms with Crippen molar-refractivity contribution in [3.63, 3.8) is 0 Å². The Morgan fingerprint density at radius 2 is 2.11 bits per heavy atom. The van der Waals surface area contributed by atoms with Gasteiger partial charge in [0.25, 0.3) is 0 Å². The maximum atomic E-state index is 12.4. The number of pyridine rings is 2. The Morgan fingerprint density at radius 1 is 1.31 bits per heavy atom. The number of carbonyl (C=O) groups is 1. The molecular formula is C25H21ClN6O4. The predicted molar refractivity (Wildman–Crippen MR) is 135 cm³/mol. The fraction of sp³-hybridized carbons (Fsp3) is 0.120. The molecule has 0 aliphatic carbocycles. The number of rotatable bonds is 7. The van der Waals surface area contributed by atoms with Crippen molar-refractivity contribution >= 4 is 51.2 Å². The number of nitrogens with one attached hydrogen (secondary N) is 2. The Bertz CT molecular complexity index is 1470. The van der Waals surface area contributed by atoms with Gasteiger partial charge in [0.05, 0.1) is 41.1 Å². The Hall–Kier alpha value is -4.27. The first-order valence-corrected chi connectivity index (χ1v) is 11.1. The summed E-state index contributed by atoms with van der Waals surface area (Å²) in [4.78, 5) is 22.3. The Balaban J connectivity index is 1.74. The monoisotopic (exact) mass is 504 g/mol. The highest BCUT2D eigenvalue weighted by Crippen LogP contribution is 2.37. The minimum atomic E-state index is -1.18. The van der Waals surface area contributed by atoms with E-state index in [0.717, 1.165) is 5.56 Å². The number of nitrogens with zero attached hydrogens (tertiary/aromatic N) is 4. The van der Waals surface area contributed by atoms with E-state index in [1.54, 1.807) is 41.6 Å². The fourth-order valence-corrected chi connectivity index (χ4v) is 3.96. The minimum absolute atomic E-state index is 0.0705. The van der Waals surface area contributed by atoms with Crippen molar-refractivity contribution in [2.24, 2.45) is 0 Å². The third-order valence-corrected chi connectivity index (χ3v) is 5.82. The van der Waals surface area contributed by atoms with E-state index in [-0.39, 0.29) is 22.9 Å². The van der Waals surface area contributed by atoms with E-state index in [1.807, 2.05) is 6.07 Å². The second-order valence-electron chi connectivity index (χ2n) is 7.79. The highest BCUT2D eigenvalue weighted by molar-refractivity contribution is 6.33. The van der Waals surface area contributed by atoms with Crippen LogP contribution in [0.3, 0.4) is 0 Å². The molecule has 2 aromatic carbocycles. The molecular weight excluding hydrogens is 484 g/mol. The van der Waals surface area contributed by atoms with Gasteiger partial charge in [-0.05, 0) is 29.8 Å². The number of ether oxygens (including phenoxy) is 1. The number of hydrogen-bond acceptors (Lipinski definition) is 8. The topological polar surface area (TPSA) is 139 Å². The Kier molecular flexibility index (Phi) is 7.28. The molecule has 2 aromatic heterocycles. The van der Waals surface area contributed by atoms with Crippen LogP contribution >= 0.6 is 11.6 Å². The molecule has 11 heteroatoms. The van der Waals surface area contributed by atoms with E-state index in [0.29, 0.717) is 39.5 Å². The summed E-state index contributed by atoms with van der Waals surface area (Å²) in [5, 5.41) is 33.7. The average Bonchev–Trinajstić information content (AvgIpc) is 2.88. The summed E-state index contributed by atoms with van der Waals surface area (Å²) >= 11 is 6.58. The van der Waals surface area contributed by atoms with Crippen LogP contribution < -0.4 is 20.2 Å². The number of fused-ring (bicyclic) bond motifs is 1. The maximum Gasteiger partial charge on any atom is 0.224 e. The summed E-state index contributed by atoms with van der Waals surface area (Å²) in [7, 11) is 1.37. The van der Waals surface area contributed by atoms with E-state index >= 15 is 0 Å². The molecule has 0 saturated heterocycles. The lowest BCUT2D eigenvalue weighted by atomic mass is 10.1. The minimum Gasteiger partial charge on any atom is -0.595 e. The molecule has 3 N–H and O–H groups in total. The van der Waals surface area contributed by atoms with E-state index in [4.69, 9.17) is 16.3 Å². The van der Waals surface area contributed by atoms with Gasteiger partial charge in [0.2, 0.25) is 11.6 Å². The van der Waals surface area contributed by atoms with Crippen molar-refractivity contribution in [1.82, 2.24) is 9.97 Å². The van der Waals surface area contributed by atoms with Crippen LogP contribution in [0.25, 0.3) is 10.9 Å². The van der Waals surface area contributed by atoms with Gasteiger partial charge in [-0.15, -0.1) is 0 Å². The SMILES string of the molecule is COc1cc2ncc(C#N)c(Nc3ccc(N(Cc4cccnc4)C(C)=O)cc3Cl)c2cc1[NH+]([O-])O. The molecule has 4 rings (SSSR count). The predicted octanol–water partition coefficient (Wildman–Crippen LogP) is 3.86. The Labute approximate surface area is 211 Å². The van der Waals surface area contributed by atoms with Crippen LogP contribution in [-0.4, -0.2) is 28.2 Å². The number of methoxy groups -OCH3 is 1. The summed E-state index contributed by atoms with van der Waals surface area (Å²) in [6, 6.07) is 13.7. The molecule has 36 heavy (non-hydrogen) atoms. The number of nitriles is 1. The number of carbonyl (C=O) groups excluding carboxylic acids is 1. The van der Waals surface area contributed by atoms with Crippen LogP contribution in [-0.2, 0) is 11.3 Å². The molecule has 2 heterocycles. The molecule has 0 spiro atoms. The molecule has 4 aromatic rings. The van der Waals surface area contributed by atoms with Crippen LogP contribution in [0.5, 0.6) is 5.75 Å². The van der Waals surface area contributed by atoms with Gasteiger partial charge in [-0.2, -0.15) is 10.5 Å². The highest BCUT2D eigenvalue weighted by atomic mass is 35.5. The number of quaternary nitrogens is 1. The normalized spacial score (nSPS) is 11.6. The van der Waals surface area contributed by atoms with Crippen LogP contribution in [0.2, 0.25) is 5.02 Å². The molecule has 182 valence electrons. The Morgan fingerprint density at radius 3 is 2.72 bits per heavy atom. The van der Waals surface area contributed by atoms with E-state index < -0.39 is 5.23 Å². The van der Waals surface area contributed by atoms with Crippen molar-refractivity contribution in [2.45, 2.75) is 13.5 Å². The first-order valence-electron chi connectivity index (χ1n) is 10.7. The summed E-state index contributed by atoms with van der Waals surface area (Å²) in [6.07, 6.45) is 4.73. The third kappa shape index (κ3) is 5.05. The van der Waals surface area contributed by atoms with E-state index in [1.165, 1.54) is 32.4 Å².